The van der Waals surface area contributed by atoms with E-state index in [0.29, 0.717) is 66.0 Å². The van der Waals surface area contributed by atoms with Crippen LogP contribution in [0.1, 0.15) is 34.5 Å². The van der Waals surface area contributed by atoms with Crippen molar-refractivity contribution in [3.8, 4) is 17.1 Å². The Bertz CT molecular complexity index is 1460. The largest absolute Gasteiger partial charge is 0.481 e. The highest BCUT2D eigenvalue weighted by Crippen LogP contribution is 2.30. The molecule has 4 heterocycles. The Kier molecular flexibility index (Phi) is 6.91. The third kappa shape index (κ3) is 5.19. The van der Waals surface area contributed by atoms with Crippen molar-refractivity contribution in [2.24, 2.45) is 5.92 Å². The molecular weight excluding hydrogens is 518 g/mol. The fourth-order valence-electron chi connectivity index (χ4n) is 4.74. The number of nitrogens with one attached hydrogen (secondary N) is 2. The number of fused-ring (bicyclic) bond motifs is 1. The fraction of sp³-hybridized carbons (Fsp3) is 0.360. The lowest BCUT2D eigenvalue weighted by atomic mass is 9.95. The molecule has 2 amide bonds. The van der Waals surface area contributed by atoms with Gasteiger partial charge >= 0.3 is 0 Å². The molecular formula is C25H26ClN5O5S. The second kappa shape index (κ2) is 10.1. The number of likely N-dealkylation sites (tertiary alicyclic amines) is 1. The number of aromatic amines is 1. The molecule has 2 aliphatic rings. The summed E-state index contributed by atoms with van der Waals surface area (Å²) in [6, 6.07) is 8.54. The molecule has 1 fully saturated rings. The predicted octanol–water partition coefficient (Wildman–Crippen LogP) is 2.63. The highest BCUT2D eigenvalue weighted by Gasteiger charge is 2.29. The van der Waals surface area contributed by atoms with Gasteiger partial charge < -0.3 is 15.0 Å². The van der Waals surface area contributed by atoms with Gasteiger partial charge in [-0.25, -0.2) is 13.4 Å². The molecule has 0 radical (unpaired) electrons. The summed E-state index contributed by atoms with van der Waals surface area (Å²) in [6.45, 7) is 1.23. The third-order valence-electron chi connectivity index (χ3n) is 6.85. The van der Waals surface area contributed by atoms with Crippen LogP contribution in [0.25, 0.3) is 11.3 Å². The second-order valence-electron chi connectivity index (χ2n) is 9.17. The number of carbonyl (C=O) groups excluding carboxylic acids is 2. The number of aromatic nitrogens is 3. The maximum absolute atomic E-state index is 13.0. The number of benzene rings is 1. The first-order chi connectivity index (χ1) is 17.7. The highest BCUT2D eigenvalue weighted by molar-refractivity contribution is 7.91. The minimum absolute atomic E-state index is 0.0662. The van der Waals surface area contributed by atoms with Gasteiger partial charge in [0.2, 0.25) is 11.8 Å². The maximum atomic E-state index is 13.0. The molecule has 2 aromatic heterocycles. The van der Waals surface area contributed by atoms with Crippen LogP contribution in [-0.2, 0) is 27.6 Å². The Hall–Kier alpha value is -3.44. The number of amides is 2. The number of piperidine rings is 1. The standard InChI is InChI=1S/C25H26ClN5O5S/c1-36-23-11-18(19(26)14-27-23)20-12-21(30-29-20)25(33)31-7-4-16(5-8-31)24(32)28-13-15-2-3-22-17(10-15)6-9-37(22,34)35/h2-3,10-12,14,16H,4-9,13H2,1H3,(H,28,32)(H,29,30). The monoisotopic (exact) mass is 543 g/mol. The van der Waals surface area contributed by atoms with Gasteiger partial charge in [-0.1, -0.05) is 23.7 Å². The Morgan fingerprint density at radius 1 is 1.22 bits per heavy atom. The summed E-state index contributed by atoms with van der Waals surface area (Å²) in [6.07, 6.45) is 3.07. The number of methoxy groups -OCH3 is 1. The summed E-state index contributed by atoms with van der Waals surface area (Å²) >= 11 is 6.25. The van der Waals surface area contributed by atoms with Gasteiger partial charge in [-0.3, -0.25) is 14.7 Å². The summed E-state index contributed by atoms with van der Waals surface area (Å²) in [5.74, 6) is 0.0551. The van der Waals surface area contributed by atoms with Crippen molar-refractivity contribution < 1.29 is 22.7 Å². The van der Waals surface area contributed by atoms with Gasteiger partial charge in [-0.05, 0) is 42.5 Å². The molecule has 194 valence electrons. The van der Waals surface area contributed by atoms with E-state index in [1.54, 1.807) is 29.2 Å². The van der Waals surface area contributed by atoms with E-state index in [1.165, 1.54) is 13.3 Å². The van der Waals surface area contributed by atoms with Crippen LogP contribution < -0.4 is 10.1 Å². The van der Waals surface area contributed by atoms with Crippen LogP contribution in [0.5, 0.6) is 5.88 Å². The van der Waals surface area contributed by atoms with E-state index in [1.807, 2.05) is 6.07 Å². The highest BCUT2D eigenvalue weighted by atomic mass is 35.5. The lowest BCUT2D eigenvalue weighted by Gasteiger charge is -2.30. The van der Waals surface area contributed by atoms with Gasteiger partial charge in [-0.15, -0.1) is 0 Å². The lowest BCUT2D eigenvalue weighted by molar-refractivity contribution is -0.126. The summed E-state index contributed by atoms with van der Waals surface area (Å²) in [7, 11) is -1.65. The lowest BCUT2D eigenvalue weighted by Crippen LogP contribution is -2.43. The number of ether oxygens (including phenoxy) is 1. The van der Waals surface area contributed by atoms with Gasteiger partial charge in [0.25, 0.3) is 5.91 Å². The summed E-state index contributed by atoms with van der Waals surface area (Å²) in [4.78, 5) is 31.9. The summed E-state index contributed by atoms with van der Waals surface area (Å²) in [5.41, 5.74) is 3.15. The smallest absolute Gasteiger partial charge is 0.274 e. The van der Waals surface area contributed by atoms with E-state index in [2.05, 4.69) is 20.5 Å². The number of hydrogen-bond acceptors (Lipinski definition) is 7. The van der Waals surface area contributed by atoms with Crippen LogP contribution in [0.2, 0.25) is 5.02 Å². The van der Waals surface area contributed by atoms with E-state index in [0.717, 1.165) is 11.1 Å². The van der Waals surface area contributed by atoms with Crippen molar-refractivity contribution >= 4 is 33.3 Å². The van der Waals surface area contributed by atoms with Crippen molar-refractivity contribution in [3.63, 3.8) is 0 Å². The van der Waals surface area contributed by atoms with Gasteiger partial charge in [-0.2, -0.15) is 5.10 Å². The molecule has 0 unspecified atom stereocenters. The van der Waals surface area contributed by atoms with Crippen LogP contribution in [0.15, 0.2) is 41.4 Å². The number of aryl methyl sites for hydroxylation is 1. The van der Waals surface area contributed by atoms with Crippen molar-refractivity contribution in [3.05, 3.63) is 58.4 Å². The van der Waals surface area contributed by atoms with Crippen LogP contribution in [0.4, 0.5) is 0 Å². The zero-order chi connectivity index (χ0) is 26.2. The molecule has 10 nitrogen and oxygen atoms in total. The summed E-state index contributed by atoms with van der Waals surface area (Å²) < 4.78 is 29.1. The Labute approximate surface area is 219 Å². The van der Waals surface area contributed by atoms with E-state index in [9.17, 15) is 18.0 Å². The first-order valence-electron chi connectivity index (χ1n) is 11.9. The van der Waals surface area contributed by atoms with E-state index in [4.69, 9.17) is 16.3 Å². The molecule has 1 aromatic carbocycles. The first kappa shape index (κ1) is 25.2. The molecule has 5 rings (SSSR count). The van der Waals surface area contributed by atoms with Crippen molar-refractivity contribution in [2.45, 2.75) is 30.7 Å². The normalized spacial score (nSPS) is 16.9. The molecule has 2 aliphatic heterocycles. The minimum atomic E-state index is -3.16. The Balaban J connectivity index is 1.15. The van der Waals surface area contributed by atoms with Crippen molar-refractivity contribution in [1.29, 1.82) is 0 Å². The number of nitrogens with zero attached hydrogens (tertiary/aromatic N) is 3. The molecule has 0 saturated carbocycles. The third-order valence-corrected chi connectivity index (χ3v) is 8.96. The SMILES string of the molecule is COc1cc(-c2cc(C(=O)N3CCC(C(=O)NCc4ccc5c(c4)CCS5(=O)=O)CC3)n[nH]2)c(Cl)cn1. The molecule has 2 N–H and O–H groups in total. The Morgan fingerprint density at radius 2 is 2.00 bits per heavy atom. The maximum Gasteiger partial charge on any atom is 0.274 e. The van der Waals surface area contributed by atoms with Gasteiger partial charge in [0.1, 0.15) is 0 Å². The van der Waals surface area contributed by atoms with Crippen LogP contribution >= 0.6 is 11.6 Å². The Morgan fingerprint density at radius 3 is 2.76 bits per heavy atom. The molecule has 0 spiro atoms. The van der Waals surface area contributed by atoms with E-state index in [-0.39, 0.29) is 29.2 Å². The summed E-state index contributed by atoms with van der Waals surface area (Å²) in [5, 5.41) is 10.4. The number of rotatable bonds is 6. The number of hydrogen-bond donors (Lipinski definition) is 2. The molecule has 37 heavy (non-hydrogen) atoms. The van der Waals surface area contributed by atoms with Crippen molar-refractivity contribution in [2.75, 3.05) is 26.0 Å². The quantitative estimate of drug-likeness (QED) is 0.488. The van der Waals surface area contributed by atoms with Gasteiger partial charge in [0, 0.05) is 37.2 Å². The van der Waals surface area contributed by atoms with Crippen LogP contribution in [0, 0.1) is 5.92 Å². The van der Waals surface area contributed by atoms with E-state index < -0.39 is 9.84 Å². The van der Waals surface area contributed by atoms with Gasteiger partial charge in [0.05, 0.1) is 34.7 Å². The van der Waals surface area contributed by atoms with Crippen LogP contribution in [0.3, 0.4) is 0 Å². The molecule has 3 aromatic rings. The number of sulfone groups is 1. The molecule has 0 bridgehead atoms. The molecule has 0 aliphatic carbocycles. The van der Waals surface area contributed by atoms with Gasteiger partial charge in [0.15, 0.2) is 15.5 Å². The zero-order valence-electron chi connectivity index (χ0n) is 20.2. The number of carbonyl (C=O) groups is 2. The fourth-order valence-corrected chi connectivity index (χ4v) is 6.49. The van der Waals surface area contributed by atoms with Crippen molar-refractivity contribution in [1.82, 2.24) is 25.4 Å². The number of pyridine rings is 1. The minimum Gasteiger partial charge on any atom is -0.481 e. The zero-order valence-corrected chi connectivity index (χ0v) is 21.7. The second-order valence-corrected chi connectivity index (χ2v) is 11.7. The average molecular weight is 544 g/mol. The number of H-pyrrole nitrogens is 1. The molecule has 0 atom stereocenters. The number of halogens is 1. The average Bonchev–Trinajstić information content (AvgIpc) is 3.52. The first-order valence-corrected chi connectivity index (χ1v) is 13.9. The topological polar surface area (TPSA) is 134 Å². The molecule has 1 saturated heterocycles. The van der Waals surface area contributed by atoms with E-state index >= 15 is 0 Å². The van der Waals surface area contributed by atoms with Crippen LogP contribution in [-0.4, -0.2) is 66.3 Å². The molecule has 12 heteroatoms. The predicted molar refractivity (Wildman–Crippen MR) is 136 cm³/mol.